The summed E-state index contributed by atoms with van der Waals surface area (Å²) in [6.07, 6.45) is -4.21. The Bertz CT molecular complexity index is 456. The summed E-state index contributed by atoms with van der Waals surface area (Å²) >= 11 is 1.38. The Labute approximate surface area is 114 Å². The Morgan fingerprint density at radius 2 is 2.11 bits per heavy atom. The highest BCUT2D eigenvalue weighted by molar-refractivity contribution is 7.10. The smallest absolute Gasteiger partial charge is 0.384 e. The van der Waals surface area contributed by atoms with Crippen molar-refractivity contribution in [2.24, 2.45) is 0 Å². The van der Waals surface area contributed by atoms with Crippen molar-refractivity contribution in [3.05, 3.63) is 21.9 Å². The van der Waals surface area contributed by atoms with Crippen LogP contribution in [-0.2, 0) is 6.54 Å². The number of hydrogen-bond acceptors (Lipinski definition) is 3. The number of rotatable bonds is 4. The van der Waals surface area contributed by atoms with E-state index in [1.165, 1.54) is 16.2 Å². The highest BCUT2D eigenvalue weighted by atomic mass is 32.1. The second-order valence-corrected chi connectivity index (χ2v) is 5.33. The summed E-state index contributed by atoms with van der Waals surface area (Å²) in [5.74, 6) is 5.27. The monoisotopic (exact) mass is 291 g/mol. The minimum absolute atomic E-state index is 0.206. The molecule has 0 saturated heterocycles. The van der Waals surface area contributed by atoms with E-state index in [0.717, 1.165) is 4.88 Å². The van der Waals surface area contributed by atoms with Crippen molar-refractivity contribution in [1.29, 1.82) is 0 Å². The van der Waals surface area contributed by atoms with Crippen LogP contribution in [0.15, 0.2) is 11.4 Å². The van der Waals surface area contributed by atoms with Crippen molar-refractivity contribution >= 4 is 11.3 Å². The Hall–Kier alpha value is -1.03. The van der Waals surface area contributed by atoms with Crippen LogP contribution in [-0.4, -0.2) is 35.4 Å². The summed E-state index contributed by atoms with van der Waals surface area (Å²) in [4.78, 5) is 2.15. The summed E-state index contributed by atoms with van der Waals surface area (Å²) in [7, 11) is 0. The van der Waals surface area contributed by atoms with E-state index in [0.29, 0.717) is 5.56 Å². The number of aliphatic hydroxyl groups excluding tert-OH is 1. The third-order valence-corrected chi connectivity index (χ3v) is 3.41. The molecule has 0 aliphatic carbocycles. The zero-order valence-corrected chi connectivity index (χ0v) is 11.6. The summed E-state index contributed by atoms with van der Waals surface area (Å²) < 4.78 is 37.5. The summed E-state index contributed by atoms with van der Waals surface area (Å²) in [6, 6.07) is 1.55. The van der Waals surface area contributed by atoms with Gasteiger partial charge >= 0.3 is 6.18 Å². The standard InChI is InChI=1S/C13H16F3NOS/c1-10(2)17(9-13(14,15)16)8-12-11(4-3-6-18)5-7-19-12/h5,7,10,18H,6,8-9H2,1-2H3. The average Bonchev–Trinajstić information content (AvgIpc) is 2.71. The Kier molecular flexibility index (Phi) is 5.85. The molecule has 0 saturated carbocycles. The Morgan fingerprint density at radius 3 is 2.63 bits per heavy atom. The van der Waals surface area contributed by atoms with Gasteiger partial charge in [0, 0.05) is 23.0 Å². The quantitative estimate of drug-likeness (QED) is 0.862. The lowest BCUT2D eigenvalue weighted by atomic mass is 10.2. The van der Waals surface area contributed by atoms with E-state index in [-0.39, 0.29) is 19.2 Å². The maximum atomic E-state index is 12.5. The van der Waals surface area contributed by atoms with Crippen molar-refractivity contribution in [3.63, 3.8) is 0 Å². The van der Waals surface area contributed by atoms with E-state index in [9.17, 15) is 13.2 Å². The normalized spacial score (nSPS) is 11.8. The molecule has 1 heterocycles. The van der Waals surface area contributed by atoms with Gasteiger partial charge in [0.05, 0.1) is 6.54 Å². The molecule has 0 unspecified atom stereocenters. The Balaban J connectivity index is 2.83. The van der Waals surface area contributed by atoms with Gasteiger partial charge in [-0.1, -0.05) is 11.8 Å². The molecule has 1 aromatic heterocycles. The van der Waals surface area contributed by atoms with E-state index in [1.54, 1.807) is 25.3 Å². The molecule has 0 aliphatic heterocycles. The zero-order valence-electron chi connectivity index (χ0n) is 10.8. The van der Waals surface area contributed by atoms with Crippen LogP contribution in [0.1, 0.15) is 24.3 Å². The number of aliphatic hydroxyl groups is 1. The molecule has 0 bridgehead atoms. The third kappa shape index (κ3) is 5.64. The van der Waals surface area contributed by atoms with Crippen molar-refractivity contribution in [2.75, 3.05) is 13.2 Å². The van der Waals surface area contributed by atoms with E-state index >= 15 is 0 Å². The number of nitrogens with zero attached hydrogens (tertiary/aromatic N) is 1. The van der Waals surface area contributed by atoms with Crippen LogP contribution in [0.3, 0.4) is 0 Å². The summed E-state index contributed by atoms with van der Waals surface area (Å²) in [6.45, 7) is 2.49. The molecule has 1 aromatic rings. The van der Waals surface area contributed by atoms with Gasteiger partial charge in [-0.15, -0.1) is 11.3 Å². The molecule has 0 amide bonds. The molecule has 106 valence electrons. The van der Waals surface area contributed by atoms with Crippen LogP contribution in [0.4, 0.5) is 13.2 Å². The van der Waals surface area contributed by atoms with E-state index in [2.05, 4.69) is 11.8 Å². The van der Waals surface area contributed by atoms with Crippen LogP contribution in [0, 0.1) is 11.8 Å². The first-order chi connectivity index (χ1) is 8.83. The molecule has 0 spiro atoms. The zero-order chi connectivity index (χ0) is 14.5. The molecular weight excluding hydrogens is 275 g/mol. The van der Waals surface area contributed by atoms with Crippen molar-refractivity contribution in [2.45, 2.75) is 32.6 Å². The second-order valence-electron chi connectivity index (χ2n) is 4.33. The number of alkyl halides is 3. The lowest BCUT2D eigenvalue weighted by molar-refractivity contribution is -0.150. The minimum Gasteiger partial charge on any atom is -0.384 e. The van der Waals surface area contributed by atoms with Gasteiger partial charge in [0.15, 0.2) is 0 Å². The van der Waals surface area contributed by atoms with Crippen molar-refractivity contribution < 1.29 is 18.3 Å². The lowest BCUT2D eigenvalue weighted by Gasteiger charge is -2.27. The largest absolute Gasteiger partial charge is 0.401 e. The predicted molar refractivity (Wildman–Crippen MR) is 69.9 cm³/mol. The molecule has 6 heteroatoms. The van der Waals surface area contributed by atoms with Crippen LogP contribution in [0.5, 0.6) is 0 Å². The predicted octanol–water partition coefficient (Wildman–Crippen LogP) is 2.86. The average molecular weight is 291 g/mol. The molecule has 1 N–H and O–H groups in total. The highest BCUT2D eigenvalue weighted by Gasteiger charge is 2.32. The highest BCUT2D eigenvalue weighted by Crippen LogP contribution is 2.23. The maximum Gasteiger partial charge on any atom is 0.401 e. The Morgan fingerprint density at radius 1 is 1.42 bits per heavy atom. The fourth-order valence-electron chi connectivity index (χ4n) is 1.54. The van der Waals surface area contributed by atoms with Crippen LogP contribution in [0.2, 0.25) is 0 Å². The third-order valence-electron chi connectivity index (χ3n) is 2.51. The van der Waals surface area contributed by atoms with Crippen LogP contribution in [0.25, 0.3) is 0 Å². The molecule has 2 nitrogen and oxygen atoms in total. The molecule has 0 aromatic carbocycles. The SMILES string of the molecule is CC(C)N(Cc1sccc1C#CCO)CC(F)(F)F. The maximum absolute atomic E-state index is 12.5. The van der Waals surface area contributed by atoms with Crippen LogP contribution < -0.4 is 0 Å². The van der Waals surface area contributed by atoms with Gasteiger partial charge in [-0.2, -0.15) is 13.2 Å². The molecule has 1 rings (SSSR count). The van der Waals surface area contributed by atoms with E-state index < -0.39 is 12.7 Å². The first kappa shape index (κ1) is 16.0. The second kappa shape index (κ2) is 6.94. The van der Waals surface area contributed by atoms with Gasteiger partial charge < -0.3 is 5.11 Å². The van der Waals surface area contributed by atoms with Gasteiger partial charge in [0.25, 0.3) is 0 Å². The van der Waals surface area contributed by atoms with Crippen molar-refractivity contribution in [3.8, 4) is 11.8 Å². The fraction of sp³-hybridized carbons (Fsp3) is 0.538. The van der Waals surface area contributed by atoms with Gasteiger partial charge in [-0.05, 0) is 25.3 Å². The van der Waals surface area contributed by atoms with E-state index in [4.69, 9.17) is 5.11 Å². The van der Waals surface area contributed by atoms with Gasteiger partial charge in [0.2, 0.25) is 0 Å². The van der Waals surface area contributed by atoms with Gasteiger partial charge in [0.1, 0.15) is 6.61 Å². The number of halogens is 3. The molecule has 0 aliphatic rings. The first-order valence-electron chi connectivity index (χ1n) is 5.80. The number of hydrogen-bond donors (Lipinski definition) is 1. The van der Waals surface area contributed by atoms with Gasteiger partial charge in [-0.3, -0.25) is 4.90 Å². The van der Waals surface area contributed by atoms with Crippen molar-refractivity contribution in [1.82, 2.24) is 4.90 Å². The van der Waals surface area contributed by atoms with Gasteiger partial charge in [-0.25, -0.2) is 0 Å². The first-order valence-corrected chi connectivity index (χ1v) is 6.68. The summed E-state index contributed by atoms with van der Waals surface area (Å²) in [5, 5.41) is 10.4. The molecule has 0 atom stereocenters. The lowest BCUT2D eigenvalue weighted by Crippen LogP contribution is -2.38. The molecular formula is C13H16F3NOS. The number of thiophene rings is 1. The van der Waals surface area contributed by atoms with Crippen LogP contribution >= 0.6 is 11.3 Å². The van der Waals surface area contributed by atoms with E-state index in [1.807, 2.05) is 0 Å². The minimum atomic E-state index is -4.21. The fourth-order valence-corrected chi connectivity index (χ4v) is 2.40. The topological polar surface area (TPSA) is 23.5 Å². The molecule has 0 radical (unpaired) electrons. The molecule has 0 fully saturated rings. The summed E-state index contributed by atoms with van der Waals surface area (Å²) in [5.41, 5.74) is 0.687. The molecule has 19 heavy (non-hydrogen) atoms.